The van der Waals surface area contributed by atoms with Crippen LogP contribution in [0.2, 0.25) is 0 Å². The third-order valence-electron chi connectivity index (χ3n) is 8.48. The summed E-state index contributed by atoms with van der Waals surface area (Å²) >= 11 is 0. The molecule has 0 atom stereocenters. The van der Waals surface area contributed by atoms with Crippen LogP contribution in [0.25, 0.3) is 66.4 Å². The zero-order valence-corrected chi connectivity index (χ0v) is 24.2. The first kappa shape index (κ1) is 25.4. The highest BCUT2D eigenvalue weighted by atomic mass is 16.3. The van der Waals surface area contributed by atoms with Crippen LogP contribution in [0.3, 0.4) is 0 Å². The summed E-state index contributed by atoms with van der Waals surface area (Å²) in [6.07, 6.45) is 0. The zero-order chi connectivity index (χ0) is 29.7. The molecule has 2 aromatic heterocycles. The molecule has 7 aromatic carbocycles. The molecule has 0 aliphatic heterocycles. The molecule has 2 heterocycles. The molecule has 0 bridgehead atoms. The highest BCUT2D eigenvalue weighted by Gasteiger charge is 2.17. The summed E-state index contributed by atoms with van der Waals surface area (Å²) in [7, 11) is 0. The van der Waals surface area contributed by atoms with E-state index in [0.29, 0.717) is 5.89 Å². The number of hydrogen-bond donors (Lipinski definition) is 0. The smallest absolute Gasteiger partial charge is 0.227 e. The van der Waals surface area contributed by atoms with Gasteiger partial charge in [-0.25, -0.2) is 4.98 Å². The quantitative estimate of drug-likeness (QED) is 0.204. The van der Waals surface area contributed by atoms with Gasteiger partial charge in [0.05, 0.1) is 0 Å². The number of benzene rings is 7. The molecule has 4 heteroatoms. The molecule has 0 saturated carbocycles. The van der Waals surface area contributed by atoms with E-state index in [4.69, 9.17) is 13.8 Å². The molecule has 212 valence electrons. The monoisotopic (exact) mass is 578 g/mol. The number of para-hydroxylation sites is 2. The highest BCUT2D eigenvalue weighted by molar-refractivity contribution is 6.06. The molecule has 0 spiro atoms. The molecule has 0 aliphatic carbocycles. The Hall–Kier alpha value is -6.13. The average molecular weight is 579 g/mol. The Morgan fingerprint density at radius 3 is 2.04 bits per heavy atom. The van der Waals surface area contributed by atoms with E-state index in [2.05, 4.69) is 108 Å². The minimum atomic E-state index is 0.624. The lowest BCUT2D eigenvalue weighted by Gasteiger charge is -2.26. The number of nitrogens with zero attached hydrogens (tertiary/aromatic N) is 2. The van der Waals surface area contributed by atoms with Crippen LogP contribution in [-0.2, 0) is 0 Å². The Labute approximate surface area is 259 Å². The minimum absolute atomic E-state index is 0.624. The summed E-state index contributed by atoms with van der Waals surface area (Å²) in [5.74, 6) is 0.624. The van der Waals surface area contributed by atoms with Crippen LogP contribution < -0.4 is 4.90 Å². The zero-order valence-electron chi connectivity index (χ0n) is 24.2. The van der Waals surface area contributed by atoms with Crippen LogP contribution >= 0.6 is 0 Å². The Bertz CT molecular complexity index is 2490. The second kappa shape index (κ2) is 10.2. The van der Waals surface area contributed by atoms with Crippen LogP contribution in [0.4, 0.5) is 17.1 Å². The van der Waals surface area contributed by atoms with Crippen molar-refractivity contribution >= 4 is 60.9 Å². The van der Waals surface area contributed by atoms with Crippen molar-refractivity contribution in [1.82, 2.24) is 4.98 Å². The van der Waals surface area contributed by atoms with Gasteiger partial charge in [0.2, 0.25) is 5.89 Å². The Morgan fingerprint density at radius 1 is 0.444 bits per heavy atom. The Morgan fingerprint density at radius 2 is 1.16 bits per heavy atom. The number of hydrogen-bond acceptors (Lipinski definition) is 4. The van der Waals surface area contributed by atoms with E-state index < -0.39 is 0 Å². The second-order valence-electron chi connectivity index (χ2n) is 11.2. The summed E-state index contributed by atoms with van der Waals surface area (Å²) in [5.41, 5.74) is 9.63. The van der Waals surface area contributed by atoms with E-state index in [1.54, 1.807) is 0 Å². The van der Waals surface area contributed by atoms with Crippen molar-refractivity contribution < 1.29 is 8.83 Å². The van der Waals surface area contributed by atoms with Gasteiger partial charge in [0.25, 0.3) is 0 Å². The molecule has 0 amide bonds. The largest absolute Gasteiger partial charge is 0.456 e. The topological polar surface area (TPSA) is 42.4 Å². The van der Waals surface area contributed by atoms with Crippen LogP contribution in [-0.4, -0.2) is 4.98 Å². The van der Waals surface area contributed by atoms with E-state index in [0.717, 1.165) is 66.8 Å². The lowest BCUT2D eigenvalue weighted by atomic mass is 10.0. The molecule has 9 rings (SSSR count). The van der Waals surface area contributed by atoms with Crippen molar-refractivity contribution in [3.05, 3.63) is 158 Å². The summed E-state index contributed by atoms with van der Waals surface area (Å²) in [6, 6.07) is 54.6. The molecule has 0 saturated heterocycles. The van der Waals surface area contributed by atoms with Crippen molar-refractivity contribution in [3.63, 3.8) is 0 Å². The maximum Gasteiger partial charge on any atom is 0.227 e. The number of oxazole rings is 1. The number of fused-ring (bicyclic) bond motifs is 5. The molecule has 0 radical (unpaired) electrons. The summed E-state index contributed by atoms with van der Waals surface area (Å²) < 4.78 is 12.5. The SMILES string of the molecule is c1ccc(-c2nc3cccc(-c4ccc(N(c5ccc6ccccc6c5)c5ccc6oc7ccccc7c6c5)cc4)c3o2)cc1. The van der Waals surface area contributed by atoms with Gasteiger partial charge < -0.3 is 13.7 Å². The average Bonchev–Trinajstić information content (AvgIpc) is 3.71. The molecular formula is C41H26N2O2. The lowest BCUT2D eigenvalue weighted by Crippen LogP contribution is -2.09. The van der Waals surface area contributed by atoms with Gasteiger partial charge in [0.15, 0.2) is 5.58 Å². The third-order valence-corrected chi connectivity index (χ3v) is 8.48. The van der Waals surface area contributed by atoms with Gasteiger partial charge in [-0.15, -0.1) is 0 Å². The van der Waals surface area contributed by atoms with Crippen LogP contribution in [0.1, 0.15) is 0 Å². The van der Waals surface area contributed by atoms with Crippen LogP contribution in [0.5, 0.6) is 0 Å². The van der Waals surface area contributed by atoms with Crippen LogP contribution in [0.15, 0.2) is 167 Å². The van der Waals surface area contributed by atoms with Crippen molar-refractivity contribution in [2.45, 2.75) is 0 Å². The fourth-order valence-electron chi connectivity index (χ4n) is 6.29. The van der Waals surface area contributed by atoms with Crippen molar-refractivity contribution in [3.8, 4) is 22.6 Å². The second-order valence-corrected chi connectivity index (χ2v) is 11.2. The van der Waals surface area contributed by atoms with Gasteiger partial charge in [0.1, 0.15) is 16.7 Å². The molecule has 45 heavy (non-hydrogen) atoms. The van der Waals surface area contributed by atoms with E-state index >= 15 is 0 Å². The fourth-order valence-corrected chi connectivity index (χ4v) is 6.29. The van der Waals surface area contributed by atoms with Gasteiger partial charge in [-0.3, -0.25) is 0 Å². The van der Waals surface area contributed by atoms with Crippen LogP contribution in [0, 0.1) is 0 Å². The minimum Gasteiger partial charge on any atom is -0.456 e. The van der Waals surface area contributed by atoms with E-state index in [9.17, 15) is 0 Å². The predicted molar refractivity (Wildman–Crippen MR) is 184 cm³/mol. The molecule has 0 N–H and O–H groups in total. The first-order chi connectivity index (χ1) is 22.3. The summed E-state index contributed by atoms with van der Waals surface area (Å²) in [5, 5.41) is 4.61. The molecular weight excluding hydrogens is 552 g/mol. The Kier molecular flexibility index (Phi) is 5.78. The van der Waals surface area contributed by atoms with Crippen molar-refractivity contribution in [2.75, 3.05) is 4.90 Å². The standard InChI is InChI=1S/C41H26N2O2/c1-2-10-29(11-3-1)41-42-37-15-8-14-34(40(37)45-41)28-18-20-31(21-19-28)43(32-22-17-27-9-4-5-12-30(27)25-32)33-23-24-39-36(26-33)35-13-6-7-16-38(35)44-39/h1-26H. The molecule has 0 fully saturated rings. The van der Waals surface area contributed by atoms with Gasteiger partial charge in [-0.05, 0) is 83.1 Å². The summed E-state index contributed by atoms with van der Waals surface area (Å²) in [6.45, 7) is 0. The highest BCUT2D eigenvalue weighted by Crippen LogP contribution is 2.41. The number of rotatable bonds is 5. The normalized spacial score (nSPS) is 11.6. The maximum absolute atomic E-state index is 6.33. The fraction of sp³-hybridized carbons (Fsp3) is 0. The van der Waals surface area contributed by atoms with Crippen molar-refractivity contribution in [2.24, 2.45) is 0 Å². The maximum atomic E-state index is 6.33. The first-order valence-electron chi connectivity index (χ1n) is 15.0. The Balaban J connectivity index is 1.17. The molecule has 0 unspecified atom stereocenters. The van der Waals surface area contributed by atoms with Gasteiger partial charge >= 0.3 is 0 Å². The first-order valence-corrected chi connectivity index (χ1v) is 15.0. The molecule has 9 aromatic rings. The van der Waals surface area contributed by atoms with Gasteiger partial charge in [-0.1, -0.05) is 91.0 Å². The molecule has 4 nitrogen and oxygen atoms in total. The lowest BCUT2D eigenvalue weighted by molar-refractivity contribution is 0.621. The van der Waals surface area contributed by atoms with E-state index in [-0.39, 0.29) is 0 Å². The van der Waals surface area contributed by atoms with Crippen molar-refractivity contribution in [1.29, 1.82) is 0 Å². The van der Waals surface area contributed by atoms with E-state index in [1.165, 1.54) is 10.8 Å². The molecule has 0 aliphatic rings. The number of aromatic nitrogens is 1. The number of anilines is 3. The third kappa shape index (κ3) is 4.35. The van der Waals surface area contributed by atoms with E-state index in [1.807, 2.05) is 54.6 Å². The van der Waals surface area contributed by atoms with Gasteiger partial charge in [0, 0.05) is 39.0 Å². The predicted octanol–water partition coefficient (Wildman–Crippen LogP) is 11.7. The number of furan rings is 1. The summed E-state index contributed by atoms with van der Waals surface area (Å²) in [4.78, 5) is 7.08. The van der Waals surface area contributed by atoms with Gasteiger partial charge in [-0.2, -0.15) is 0 Å².